The molecule has 0 radical (unpaired) electrons. The molecule has 1 aliphatic rings. The van der Waals surface area contributed by atoms with E-state index < -0.39 is 58.4 Å². The smallest absolute Gasteiger partial charge is 0.254 e. The van der Waals surface area contributed by atoms with Gasteiger partial charge in [-0.05, 0) is 56.0 Å². The van der Waals surface area contributed by atoms with Crippen LogP contribution in [0.4, 0.5) is 8.78 Å². The molecule has 4 rings (SSSR count). The number of carbonyl (C=O) groups excluding carboxylic acids is 3. The van der Waals surface area contributed by atoms with Crippen LogP contribution >= 0.6 is 11.8 Å². The van der Waals surface area contributed by atoms with Crippen LogP contribution in [0.2, 0.25) is 0 Å². The third-order valence-electron chi connectivity index (χ3n) is 7.47. The molecule has 10 heteroatoms. The van der Waals surface area contributed by atoms with E-state index in [1.807, 2.05) is 51.1 Å². The van der Waals surface area contributed by atoms with Crippen molar-refractivity contribution in [3.63, 3.8) is 0 Å². The first-order chi connectivity index (χ1) is 20.0. The normalized spacial score (nSPS) is 17.4. The standard InChI is InChI=1S/C32H35F2N3O4S/c1-20-10-7-8-13-22(20)18-35-30(40)29-32(2,3)42-19-37(29)31(41)28(39)26(16-21-11-5-4-6-12-21)36-27(38)17-23-24(33)14-9-15-25(23)34/h4-15,26,28-29,39H,16-19H2,1-3H3,(H,35,40)(H,36,38)/t26-,28-,29?/m0/s1. The molecule has 1 fully saturated rings. The van der Waals surface area contributed by atoms with Crippen molar-refractivity contribution in [1.29, 1.82) is 0 Å². The van der Waals surface area contributed by atoms with Crippen LogP contribution in [0.3, 0.4) is 0 Å². The highest BCUT2D eigenvalue weighted by Crippen LogP contribution is 2.40. The fourth-order valence-electron chi connectivity index (χ4n) is 5.07. The second-order valence-corrected chi connectivity index (χ2v) is 12.5. The Hall–Kier alpha value is -3.76. The number of amides is 3. The molecule has 3 amide bonds. The Bertz CT molecular complexity index is 1420. The zero-order valence-corrected chi connectivity index (χ0v) is 24.6. The van der Waals surface area contributed by atoms with Crippen LogP contribution in [-0.4, -0.2) is 56.5 Å². The van der Waals surface area contributed by atoms with E-state index in [2.05, 4.69) is 10.6 Å². The Balaban J connectivity index is 1.53. The van der Waals surface area contributed by atoms with Crippen LogP contribution in [0.25, 0.3) is 0 Å². The van der Waals surface area contributed by atoms with Gasteiger partial charge in [0.05, 0.1) is 18.3 Å². The predicted molar refractivity (Wildman–Crippen MR) is 158 cm³/mol. The quantitative estimate of drug-likeness (QED) is 0.330. The molecule has 7 nitrogen and oxygen atoms in total. The molecule has 1 unspecified atom stereocenters. The van der Waals surface area contributed by atoms with E-state index >= 15 is 0 Å². The summed E-state index contributed by atoms with van der Waals surface area (Å²) in [6, 6.07) is 17.9. The number of carbonyl (C=O) groups is 3. The van der Waals surface area contributed by atoms with Crippen molar-refractivity contribution in [3.05, 3.63) is 107 Å². The number of thioether (sulfide) groups is 1. The highest BCUT2D eigenvalue weighted by Gasteiger charge is 2.49. The lowest BCUT2D eigenvalue weighted by molar-refractivity contribution is -0.147. The highest BCUT2D eigenvalue weighted by molar-refractivity contribution is 8.00. The summed E-state index contributed by atoms with van der Waals surface area (Å²) < 4.78 is 27.8. The Morgan fingerprint density at radius 3 is 2.31 bits per heavy atom. The second-order valence-electron chi connectivity index (χ2n) is 10.9. The van der Waals surface area contributed by atoms with Crippen molar-refractivity contribution in [3.8, 4) is 0 Å². The predicted octanol–water partition coefficient (Wildman–Crippen LogP) is 3.90. The van der Waals surface area contributed by atoms with E-state index in [9.17, 15) is 28.3 Å². The number of aryl methyl sites for hydroxylation is 1. The van der Waals surface area contributed by atoms with Crippen molar-refractivity contribution >= 4 is 29.5 Å². The molecule has 1 saturated heterocycles. The number of aliphatic hydroxyl groups is 1. The van der Waals surface area contributed by atoms with Gasteiger partial charge in [-0.1, -0.05) is 60.7 Å². The van der Waals surface area contributed by atoms with Crippen LogP contribution in [0.5, 0.6) is 0 Å². The van der Waals surface area contributed by atoms with Crippen molar-refractivity contribution in [2.24, 2.45) is 0 Å². The lowest BCUT2D eigenvalue weighted by Crippen LogP contribution is -2.58. The van der Waals surface area contributed by atoms with Crippen molar-refractivity contribution in [2.75, 3.05) is 5.88 Å². The maximum atomic E-state index is 14.2. The molecule has 1 heterocycles. The molecular formula is C32H35F2N3O4S. The number of rotatable bonds is 10. The Morgan fingerprint density at radius 2 is 1.64 bits per heavy atom. The third kappa shape index (κ3) is 7.35. The minimum Gasteiger partial charge on any atom is -0.381 e. The zero-order chi connectivity index (χ0) is 30.4. The van der Waals surface area contributed by atoms with Gasteiger partial charge in [0.15, 0.2) is 6.10 Å². The molecule has 3 aromatic rings. The molecule has 0 bridgehead atoms. The van der Waals surface area contributed by atoms with Gasteiger partial charge < -0.3 is 20.6 Å². The SMILES string of the molecule is Cc1ccccc1CNC(=O)C1N(C(=O)[C@@H](O)[C@H](Cc2ccccc2)NC(=O)Cc2c(F)cccc2F)CSC1(C)C. The lowest BCUT2D eigenvalue weighted by Gasteiger charge is -2.33. The fraction of sp³-hybridized carbons (Fsp3) is 0.344. The fourth-order valence-corrected chi connectivity index (χ4v) is 6.21. The first kappa shape index (κ1) is 31.2. The minimum atomic E-state index is -1.72. The summed E-state index contributed by atoms with van der Waals surface area (Å²) in [5, 5.41) is 16.9. The third-order valence-corrected chi connectivity index (χ3v) is 8.84. The summed E-state index contributed by atoms with van der Waals surface area (Å²) in [7, 11) is 0. The molecule has 222 valence electrons. The van der Waals surface area contributed by atoms with Gasteiger partial charge in [-0.2, -0.15) is 0 Å². The largest absolute Gasteiger partial charge is 0.381 e. The van der Waals surface area contributed by atoms with Gasteiger partial charge in [-0.3, -0.25) is 14.4 Å². The van der Waals surface area contributed by atoms with Gasteiger partial charge in [0, 0.05) is 16.9 Å². The molecule has 1 aliphatic heterocycles. The summed E-state index contributed by atoms with van der Waals surface area (Å²) >= 11 is 1.41. The van der Waals surface area contributed by atoms with Crippen molar-refractivity contribution in [1.82, 2.24) is 15.5 Å². The van der Waals surface area contributed by atoms with Crippen LogP contribution in [0.15, 0.2) is 72.8 Å². The molecule has 3 aromatic carbocycles. The van der Waals surface area contributed by atoms with Gasteiger partial charge in [-0.25, -0.2) is 8.78 Å². The number of hydrogen-bond acceptors (Lipinski definition) is 5. The maximum Gasteiger partial charge on any atom is 0.254 e. The average Bonchev–Trinajstić information content (AvgIpc) is 3.28. The lowest BCUT2D eigenvalue weighted by atomic mass is 9.96. The number of hydrogen-bond donors (Lipinski definition) is 3. The molecule has 0 aliphatic carbocycles. The van der Waals surface area contributed by atoms with E-state index in [-0.39, 0.29) is 24.7 Å². The highest BCUT2D eigenvalue weighted by atomic mass is 32.2. The summed E-state index contributed by atoms with van der Waals surface area (Å²) in [5.41, 5.74) is 2.30. The van der Waals surface area contributed by atoms with E-state index in [0.717, 1.165) is 28.8 Å². The first-order valence-corrected chi connectivity index (χ1v) is 14.7. The van der Waals surface area contributed by atoms with Gasteiger partial charge in [0.1, 0.15) is 17.7 Å². The van der Waals surface area contributed by atoms with Crippen LogP contribution in [-0.2, 0) is 33.8 Å². The molecule has 3 atom stereocenters. The number of nitrogens with one attached hydrogen (secondary N) is 2. The minimum absolute atomic E-state index is 0.0771. The molecule has 0 aromatic heterocycles. The van der Waals surface area contributed by atoms with Gasteiger partial charge in [-0.15, -0.1) is 11.8 Å². The van der Waals surface area contributed by atoms with E-state index in [0.29, 0.717) is 0 Å². The average molecular weight is 596 g/mol. The Kier molecular flexibility index (Phi) is 10.0. The Labute approximate surface area is 248 Å². The van der Waals surface area contributed by atoms with E-state index in [1.165, 1.54) is 22.7 Å². The number of benzene rings is 3. The van der Waals surface area contributed by atoms with E-state index in [4.69, 9.17) is 0 Å². The summed E-state index contributed by atoms with van der Waals surface area (Å²) in [6.45, 7) is 5.96. The van der Waals surface area contributed by atoms with Crippen LogP contribution < -0.4 is 10.6 Å². The second kappa shape index (κ2) is 13.5. The van der Waals surface area contributed by atoms with Gasteiger partial charge >= 0.3 is 0 Å². The number of halogens is 2. The first-order valence-electron chi connectivity index (χ1n) is 13.7. The zero-order valence-electron chi connectivity index (χ0n) is 23.8. The van der Waals surface area contributed by atoms with Crippen LogP contribution in [0, 0.1) is 18.6 Å². The van der Waals surface area contributed by atoms with Crippen LogP contribution in [0.1, 0.15) is 36.1 Å². The number of nitrogens with zero attached hydrogens (tertiary/aromatic N) is 1. The van der Waals surface area contributed by atoms with Gasteiger partial charge in [0.25, 0.3) is 5.91 Å². The van der Waals surface area contributed by atoms with Crippen molar-refractivity contribution in [2.45, 2.75) is 63.1 Å². The molecular weight excluding hydrogens is 560 g/mol. The van der Waals surface area contributed by atoms with E-state index in [1.54, 1.807) is 24.3 Å². The molecule has 0 saturated carbocycles. The summed E-state index contributed by atoms with van der Waals surface area (Å²) in [6.07, 6.45) is -2.25. The number of aliphatic hydroxyl groups excluding tert-OH is 1. The topological polar surface area (TPSA) is 98.7 Å². The Morgan fingerprint density at radius 1 is 1.00 bits per heavy atom. The molecule has 42 heavy (non-hydrogen) atoms. The molecule has 0 spiro atoms. The van der Waals surface area contributed by atoms with Crippen molar-refractivity contribution < 1.29 is 28.3 Å². The monoisotopic (exact) mass is 595 g/mol. The molecule has 3 N–H and O–H groups in total. The summed E-state index contributed by atoms with van der Waals surface area (Å²) in [5.74, 6) is -3.39. The maximum absolute atomic E-state index is 14.2. The van der Waals surface area contributed by atoms with Gasteiger partial charge in [0.2, 0.25) is 11.8 Å². The summed E-state index contributed by atoms with van der Waals surface area (Å²) in [4.78, 5) is 41.5.